The van der Waals surface area contributed by atoms with Crippen LogP contribution in [-0.2, 0) is 11.3 Å². The van der Waals surface area contributed by atoms with Crippen molar-refractivity contribution in [2.75, 3.05) is 7.05 Å². The van der Waals surface area contributed by atoms with Crippen molar-refractivity contribution < 1.29 is 9.90 Å². The lowest BCUT2D eigenvalue weighted by molar-refractivity contribution is -0.138. The molecule has 0 aliphatic carbocycles. The van der Waals surface area contributed by atoms with E-state index in [-0.39, 0.29) is 5.91 Å². The lowest BCUT2D eigenvalue weighted by atomic mass is 10.1. The van der Waals surface area contributed by atoms with Gasteiger partial charge in [-0.1, -0.05) is 24.3 Å². The number of benzene rings is 1. The first-order valence-electron chi connectivity index (χ1n) is 5.00. The Kier molecular flexibility index (Phi) is 3.86. The summed E-state index contributed by atoms with van der Waals surface area (Å²) >= 11 is 0. The number of aliphatic hydroxyl groups excluding tert-OH is 1. The Balaban J connectivity index is 2.71. The number of aryl methyl sites for hydroxylation is 1. The predicted octanol–water partition coefficient (Wildman–Crippen LogP) is 1.33. The van der Waals surface area contributed by atoms with Gasteiger partial charge >= 0.3 is 0 Å². The molecule has 0 heterocycles. The van der Waals surface area contributed by atoms with E-state index in [1.54, 1.807) is 7.05 Å². The summed E-state index contributed by atoms with van der Waals surface area (Å²) in [5.41, 5.74) is 2.26. The molecule has 1 atom stereocenters. The van der Waals surface area contributed by atoms with E-state index < -0.39 is 6.10 Å². The zero-order valence-electron chi connectivity index (χ0n) is 9.40. The van der Waals surface area contributed by atoms with Crippen molar-refractivity contribution in [3.05, 3.63) is 35.4 Å². The molecule has 1 rings (SSSR count). The van der Waals surface area contributed by atoms with Gasteiger partial charge in [-0.2, -0.15) is 0 Å². The summed E-state index contributed by atoms with van der Waals surface area (Å²) in [6.45, 7) is 4.03. The van der Waals surface area contributed by atoms with Crippen LogP contribution in [0.25, 0.3) is 0 Å². The van der Waals surface area contributed by atoms with Gasteiger partial charge in [-0.15, -0.1) is 0 Å². The fourth-order valence-electron chi connectivity index (χ4n) is 1.44. The summed E-state index contributed by atoms with van der Waals surface area (Å²) in [4.78, 5) is 13.0. The van der Waals surface area contributed by atoms with Gasteiger partial charge in [0.2, 0.25) is 0 Å². The van der Waals surface area contributed by atoms with Gasteiger partial charge in [-0.05, 0) is 25.0 Å². The minimum atomic E-state index is -0.931. The molecule has 1 unspecified atom stereocenters. The van der Waals surface area contributed by atoms with E-state index in [1.807, 2.05) is 31.2 Å². The molecule has 0 spiro atoms. The molecule has 0 saturated carbocycles. The van der Waals surface area contributed by atoms with Crippen molar-refractivity contribution in [1.82, 2.24) is 4.90 Å². The molecule has 3 nitrogen and oxygen atoms in total. The van der Waals surface area contributed by atoms with Crippen molar-refractivity contribution in [3.8, 4) is 0 Å². The second-order valence-corrected chi connectivity index (χ2v) is 3.80. The highest BCUT2D eigenvalue weighted by Gasteiger charge is 2.14. The minimum Gasteiger partial charge on any atom is -0.384 e. The zero-order chi connectivity index (χ0) is 11.4. The molecule has 82 valence electrons. The van der Waals surface area contributed by atoms with E-state index in [9.17, 15) is 4.79 Å². The molecule has 1 N–H and O–H groups in total. The molecule has 0 radical (unpaired) electrons. The topological polar surface area (TPSA) is 40.5 Å². The van der Waals surface area contributed by atoms with Gasteiger partial charge in [0, 0.05) is 13.6 Å². The Morgan fingerprint density at radius 1 is 1.47 bits per heavy atom. The van der Waals surface area contributed by atoms with Crippen LogP contribution >= 0.6 is 0 Å². The second-order valence-electron chi connectivity index (χ2n) is 3.80. The molecule has 0 bridgehead atoms. The highest BCUT2D eigenvalue weighted by molar-refractivity contribution is 5.79. The molecule has 1 aromatic carbocycles. The van der Waals surface area contributed by atoms with Crippen molar-refractivity contribution >= 4 is 5.91 Å². The molecular formula is C12H17NO2. The molecule has 0 saturated heterocycles. The number of likely N-dealkylation sites (N-methyl/N-ethyl adjacent to an activating group) is 1. The SMILES string of the molecule is Cc1ccccc1CN(C)C(=O)C(C)O. The van der Waals surface area contributed by atoms with Crippen LogP contribution in [0.4, 0.5) is 0 Å². The van der Waals surface area contributed by atoms with Crippen LogP contribution in [-0.4, -0.2) is 29.1 Å². The average molecular weight is 207 g/mol. The Labute approximate surface area is 90.3 Å². The summed E-state index contributed by atoms with van der Waals surface area (Å²) in [5.74, 6) is -0.252. The van der Waals surface area contributed by atoms with E-state index in [2.05, 4.69) is 0 Å². The molecule has 1 amide bonds. The maximum atomic E-state index is 11.4. The summed E-state index contributed by atoms with van der Waals surface area (Å²) < 4.78 is 0. The zero-order valence-corrected chi connectivity index (χ0v) is 9.40. The fraction of sp³-hybridized carbons (Fsp3) is 0.417. The Morgan fingerprint density at radius 3 is 2.60 bits per heavy atom. The number of nitrogens with zero attached hydrogens (tertiary/aromatic N) is 1. The molecule has 0 aliphatic rings. The smallest absolute Gasteiger partial charge is 0.251 e. The van der Waals surface area contributed by atoms with Crippen LogP contribution < -0.4 is 0 Å². The van der Waals surface area contributed by atoms with Crippen LogP contribution in [0.3, 0.4) is 0 Å². The van der Waals surface area contributed by atoms with E-state index in [1.165, 1.54) is 11.8 Å². The van der Waals surface area contributed by atoms with Crippen LogP contribution in [0, 0.1) is 6.92 Å². The molecule has 0 aliphatic heterocycles. The number of aliphatic hydroxyl groups is 1. The Hall–Kier alpha value is -1.35. The van der Waals surface area contributed by atoms with Crippen molar-refractivity contribution in [3.63, 3.8) is 0 Å². The molecule has 1 aromatic rings. The summed E-state index contributed by atoms with van der Waals surface area (Å²) in [5, 5.41) is 9.15. The fourth-order valence-corrected chi connectivity index (χ4v) is 1.44. The highest BCUT2D eigenvalue weighted by Crippen LogP contribution is 2.09. The van der Waals surface area contributed by atoms with Gasteiger partial charge in [-0.25, -0.2) is 0 Å². The van der Waals surface area contributed by atoms with Crippen LogP contribution in [0.1, 0.15) is 18.1 Å². The third-order valence-electron chi connectivity index (χ3n) is 2.40. The lowest BCUT2D eigenvalue weighted by Crippen LogP contribution is -2.34. The largest absolute Gasteiger partial charge is 0.384 e. The average Bonchev–Trinajstić information content (AvgIpc) is 2.20. The molecule has 15 heavy (non-hydrogen) atoms. The maximum absolute atomic E-state index is 11.4. The van der Waals surface area contributed by atoms with Gasteiger partial charge in [-0.3, -0.25) is 4.79 Å². The summed E-state index contributed by atoms with van der Waals surface area (Å²) in [7, 11) is 1.70. The van der Waals surface area contributed by atoms with Crippen molar-refractivity contribution in [2.45, 2.75) is 26.5 Å². The van der Waals surface area contributed by atoms with Crippen molar-refractivity contribution in [1.29, 1.82) is 0 Å². The minimum absolute atomic E-state index is 0.252. The quantitative estimate of drug-likeness (QED) is 0.812. The van der Waals surface area contributed by atoms with Gasteiger partial charge < -0.3 is 10.0 Å². The molecule has 0 fully saturated rings. The number of carbonyl (C=O) groups excluding carboxylic acids is 1. The van der Waals surface area contributed by atoms with Crippen molar-refractivity contribution in [2.24, 2.45) is 0 Å². The molecular weight excluding hydrogens is 190 g/mol. The van der Waals surface area contributed by atoms with Gasteiger partial charge in [0.25, 0.3) is 5.91 Å². The monoisotopic (exact) mass is 207 g/mol. The van der Waals surface area contributed by atoms with Crippen LogP contribution in [0.2, 0.25) is 0 Å². The maximum Gasteiger partial charge on any atom is 0.251 e. The van der Waals surface area contributed by atoms with E-state index in [0.29, 0.717) is 6.54 Å². The number of hydrogen-bond donors (Lipinski definition) is 1. The standard InChI is InChI=1S/C12H17NO2/c1-9-6-4-5-7-11(9)8-13(3)12(15)10(2)14/h4-7,10,14H,8H2,1-3H3. The Morgan fingerprint density at radius 2 is 2.07 bits per heavy atom. The second kappa shape index (κ2) is 4.94. The van der Waals surface area contributed by atoms with Gasteiger partial charge in [0.1, 0.15) is 6.10 Å². The number of amides is 1. The summed E-state index contributed by atoms with van der Waals surface area (Å²) in [6, 6.07) is 7.91. The first-order valence-corrected chi connectivity index (χ1v) is 5.00. The first kappa shape index (κ1) is 11.7. The number of carbonyl (C=O) groups is 1. The van der Waals surface area contributed by atoms with Gasteiger partial charge in [0.05, 0.1) is 0 Å². The lowest BCUT2D eigenvalue weighted by Gasteiger charge is -2.19. The molecule has 3 heteroatoms. The third kappa shape index (κ3) is 3.06. The van der Waals surface area contributed by atoms with E-state index in [4.69, 9.17) is 5.11 Å². The first-order chi connectivity index (χ1) is 7.02. The van der Waals surface area contributed by atoms with E-state index in [0.717, 1.165) is 11.1 Å². The van der Waals surface area contributed by atoms with Crippen LogP contribution in [0.5, 0.6) is 0 Å². The predicted molar refractivity (Wildman–Crippen MR) is 59.3 cm³/mol. The summed E-state index contributed by atoms with van der Waals surface area (Å²) in [6.07, 6.45) is -0.931. The van der Waals surface area contributed by atoms with Crippen LogP contribution in [0.15, 0.2) is 24.3 Å². The third-order valence-corrected chi connectivity index (χ3v) is 2.40. The normalized spacial score (nSPS) is 12.3. The Bertz CT molecular complexity index is 347. The number of hydrogen-bond acceptors (Lipinski definition) is 2. The number of rotatable bonds is 3. The van der Waals surface area contributed by atoms with Gasteiger partial charge in [0.15, 0.2) is 0 Å². The van der Waals surface area contributed by atoms with E-state index >= 15 is 0 Å². The highest BCUT2D eigenvalue weighted by atomic mass is 16.3. The molecule has 0 aromatic heterocycles.